The maximum absolute atomic E-state index is 13.7. The number of aliphatic hydroxyl groups excluding tert-OH is 1. The van der Waals surface area contributed by atoms with Crippen LogP contribution in [0.15, 0.2) is 97.1 Å². The number of rotatable bonds is 29. The molecule has 4 aromatic rings. The number of hydrogen-bond donors (Lipinski definition) is 11. The van der Waals surface area contributed by atoms with Gasteiger partial charge in [-0.05, 0) is 118 Å². The molecule has 0 aromatic heterocycles. The normalized spacial score (nSPS) is 11.9. The Labute approximate surface area is 477 Å². The van der Waals surface area contributed by atoms with Crippen molar-refractivity contribution >= 4 is 110 Å². The smallest absolute Gasteiger partial charge is 0.248 e. The first-order valence-corrected chi connectivity index (χ1v) is 28.4. The summed E-state index contributed by atoms with van der Waals surface area (Å²) < 4.78 is 0. The number of carbonyl (C=O) groups is 9. The molecule has 0 spiro atoms. The third kappa shape index (κ3) is 28.8. The minimum atomic E-state index is -1.20. The molecule has 20 nitrogen and oxygen atoms in total. The number of aryl methyl sites for hydroxylation is 2. The second kappa shape index (κ2) is 38.2. The van der Waals surface area contributed by atoms with Crippen molar-refractivity contribution in [3.63, 3.8) is 0 Å². The van der Waals surface area contributed by atoms with Crippen LogP contribution in [0.4, 0.5) is 0 Å². The molecule has 14 N–H and O–H groups in total. The van der Waals surface area contributed by atoms with E-state index in [0.29, 0.717) is 57.6 Å². The minimum absolute atomic E-state index is 0.00619. The van der Waals surface area contributed by atoms with Crippen molar-refractivity contribution in [3.8, 4) is 0 Å². The van der Waals surface area contributed by atoms with Crippen molar-refractivity contribution in [1.29, 1.82) is 0 Å². The zero-order valence-electron chi connectivity index (χ0n) is 43.5. The van der Waals surface area contributed by atoms with Gasteiger partial charge >= 0.3 is 0 Å². The van der Waals surface area contributed by atoms with Gasteiger partial charge in [0, 0.05) is 52.3 Å². The van der Waals surface area contributed by atoms with E-state index >= 15 is 0 Å². The Bertz CT molecular complexity index is 2550. The van der Waals surface area contributed by atoms with Crippen molar-refractivity contribution in [2.75, 3.05) is 44.8 Å². The summed E-state index contributed by atoms with van der Waals surface area (Å²) >= 11 is 17.9. The van der Waals surface area contributed by atoms with Crippen LogP contribution in [0.1, 0.15) is 65.2 Å². The molecule has 0 aliphatic carbocycles. The first-order valence-electron chi connectivity index (χ1n) is 24.5. The summed E-state index contributed by atoms with van der Waals surface area (Å²) in [7, 11) is 2.75. The molecule has 4 atom stereocenters. The average molecular weight is 1180 g/mol. The van der Waals surface area contributed by atoms with Crippen LogP contribution < -0.4 is 54.4 Å². The molecule has 0 aliphatic heterocycles. The molecule has 9 amide bonds. The van der Waals surface area contributed by atoms with E-state index in [4.69, 9.17) is 57.1 Å². The minimum Gasteiger partial charge on any atom is -0.397 e. The SMILES string of the molecule is CCO.CSSCC(NC(=O)CCc1ccc(Cl)cc1)C(=O)NC(Cc1ccc(Cl)cc1)C(=O)NCC(=O)NC(CCCCN)C(=O)NCC(=O)NCC(=O)NC(Cc1ccc(Cl)cc1)C(N)=O.Cc1ccc(C(N)=O)cc1. The first-order chi connectivity index (χ1) is 37.2. The number of carbonyl (C=O) groups excluding carboxylic acids is 9. The summed E-state index contributed by atoms with van der Waals surface area (Å²) in [6, 6.07) is 23.1. The van der Waals surface area contributed by atoms with Crippen molar-refractivity contribution < 1.29 is 48.3 Å². The van der Waals surface area contributed by atoms with E-state index in [0.717, 1.165) is 11.1 Å². The van der Waals surface area contributed by atoms with E-state index in [1.54, 1.807) is 79.7 Å². The summed E-state index contributed by atoms with van der Waals surface area (Å²) in [5.74, 6) is -5.55. The highest BCUT2D eigenvalue weighted by Gasteiger charge is 2.29. The van der Waals surface area contributed by atoms with Gasteiger partial charge in [0.1, 0.15) is 24.2 Å². The Morgan fingerprint density at radius 1 is 0.551 bits per heavy atom. The van der Waals surface area contributed by atoms with Gasteiger partial charge in [-0.15, -0.1) is 0 Å². The third-order valence-corrected chi connectivity index (χ3v) is 13.4. The monoisotopic (exact) mass is 1170 g/mol. The topological polar surface area (TPSA) is 336 Å². The van der Waals surface area contributed by atoms with E-state index in [2.05, 4.69) is 37.2 Å². The Kier molecular flexibility index (Phi) is 33.2. The van der Waals surface area contributed by atoms with Gasteiger partial charge < -0.3 is 59.5 Å². The Balaban J connectivity index is 0.00000140. The summed E-state index contributed by atoms with van der Waals surface area (Å²) in [5, 5.41) is 26.9. The number of unbranched alkanes of at least 4 members (excludes halogenated alkanes) is 1. The Hall–Kier alpha value is -6.40. The lowest BCUT2D eigenvalue weighted by Gasteiger charge is -2.23. The van der Waals surface area contributed by atoms with E-state index in [-0.39, 0.29) is 49.9 Å². The van der Waals surface area contributed by atoms with E-state index in [1.165, 1.54) is 21.6 Å². The largest absolute Gasteiger partial charge is 0.397 e. The second-order valence-corrected chi connectivity index (χ2v) is 21.0. The van der Waals surface area contributed by atoms with Gasteiger partial charge in [-0.3, -0.25) is 43.2 Å². The maximum atomic E-state index is 13.7. The molecule has 78 heavy (non-hydrogen) atoms. The van der Waals surface area contributed by atoms with Crippen LogP contribution in [0, 0.1) is 6.92 Å². The van der Waals surface area contributed by atoms with Gasteiger partial charge in [-0.2, -0.15) is 0 Å². The van der Waals surface area contributed by atoms with Crippen molar-refractivity contribution in [2.45, 2.75) is 83.0 Å². The van der Waals surface area contributed by atoms with Gasteiger partial charge in [-0.25, -0.2) is 0 Å². The lowest BCUT2D eigenvalue weighted by atomic mass is 10.0. The summed E-state index contributed by atoms with van der Waals surface area (Å²) in [4.78, 5) is 114. The van der Waals surface area contributed by atoms with Crippen molar-refractivity contribution in [3.05, 3.63) is 140 Å². The lowest BCUT2D eigenvalue weighted by molar-refractivity contribution is -0.133. The van der Waals surface area contributed by atoms with Crippen LogP contribution in [-0.2, 0) is 57.6 Å². The number of halogens is 3. The Morgan fingerprint density at radius 2 is 1.00 bits per heavy atom. The molecular formula is C53H69Cl3N10O10S2. The van der Waals surface area contributed by atoms with Crippen LogP contribution in [0.25, 0.3) is 0 Å². The van der Waals surface area contributed by atoms with Crippen molar-refractivity contribution in [2.24, 2.45) is 17.2 Å². The molecule has 0 aliphatic rings. The van der Waals surface area contributed by atoms with Crippen LogP contribution >= 0.6 is 56.4 Å². The van der Waals surface area contributed by atoms with E-state index < -0.39 is 85.2 Å². The number of amides is 9. The number of benzene rings is 4. The fourth-order valence-corrected chi connectivity index (χ4v) is 8.41. The summed E-state index contributed by atoms with van der Waals surface area (Å²) in [5.41, 5.74) is 20.0. The molecule has 0 saturated heterocycles. The zero-order chi connectivity index (χ0) is 58.0. The van der Waals surface area contributed by atoms with Crippen LogP contribution in [-0.4, -0.2) is 127 Å². The van der Waals surface area contributed by atoms with Crippen molar-refractivity contribution in [1.82, 2.24) is 37.2 Å². The molecule has 0 radical (unpaired) electrons. The van der Waals surface area contributed by atoms with Crippen LogP contribution in [0.3, 0.4) is 0 Å². The van der Waals surface area contributed by atoms with Gasteiger partial charge in [0.15, 0.2) is 0 Å². The molecule has 0 heterocycles. The highest BCUT2D eigenvalue weighted by Crippen LogP contribution is 2.19. The summed E-state index contributed by atoms with van der Waals surface area (Å²) in [6.45, 7) is 2.56. The molecule has 0 bridgehead atoms. The maximum Gasteiger partial charge on any atom is 0.248 e. The van der Waals surface area contributed by atoms with Gasteiger partial charge in [0.25, 0.3) is 0 Å². The molecule has 4 unspecified atom stereocenters. The fourth-order valence-electron chi connectivity index (χ4n) is 6.70. The van der Waals surface area contributed by atoms with Gasteiger partial charge in [0.05, 0.1) is 19.6 Å². The predicted octanol–water partition coefficient (Wildman–Crippen LogP) is 3.07. The second-order valence-electron chi connectivity index (χ2n) is 17.1. The molecule has 4 rings (SSSR count). The zero-order valence-corrected chi connectivity index (χ0v) is 47.4. The third-order valence-electron chi connectivity index (χ3n) is 10.8. The van der Waals surface area contributed by atoms with E-state index in [9.17, 15) is 43.2 Å². The highest BCUT2D eigenvalue weighted by atomic mass is 35.5. The number of hydrogen-bond acceptors (Lipinski definition) is 13. The summed E-state index contributed by atoms with van der Waals surface area (Å²) in [6.07, 6.45) is 3.55. The molecule has 25 heteroatoms. The molecular weight excluding hydrogens is 1110 g/mol. The molecule has 0 fully saturated rings. The first kappa shape index (κ1) is 67.7. The standard InChI is InChI=1S/C43H54Cl3N9O8S2.C8H9NO.C2H6O/c1-64-65-25-35(54-36(56)18-11-26-5-12-29(44)13-6-26)43(63)55-34(21-28-9-16-31(46)17-10-28)42(62)51-24-39(59)52-32(4-2-3-19-47)41(61)50-22-37(57)49-23-38(58)53-33(40(48)60)20-27-7-14-30(45)15-8-27;1-6-2-4-7(5-3-6)8(9)10;1-2-3/h5-10,12-17,32-35H,2-4,11,18-25,47H2,1H3,(H2,48,60)(H,49,57)(H,50,61)(H,51,62)(H,52,59)(H,53,58)(H,54,56)(H,55,63);2-5H,1H3,(H2,9,10);3H,2H2,1H3. The highest BCUT2D eigenvalue weighted by molar-refractivity contribution is 8.76. The van der Waals surface area contributed by atoms with E-state index in [1.807, 2.05) is 37.4 Å². The van der Waals surface area contributed by atoms with Crippen LogP contribution in [0.2, 0.25) is 15.1 Å². The fraction of sp³-hybridized carbons (Fsp3) is 0.377. The lowest BCUT2D eigenvalue weighted by Crippen LogP contribution is -2.56. The number of nitrogens with one attached hydrogen (secondary N) is 7. The average Bonchev–Trinajstić information content (AvgIpc) is 3.41. The van der Waals surface area contributed by atoms with Gasteiger partial charge in [0.2, 0.25) is 53.2 Å². The quantitative estimate of drug-likeness (QED) is 0.0276. The van der Waals surface area contributed by atoms with Crippen LogP contribution in [0.5, 0.6) is 0 Å². The van der Waals surface area contributed by atoms with Gasteiger partial charge in [-0.1, -0.05) is 110 Å². The predicted molar refractivity (Wildman–Crippen MR) is 307 cm³/mol. The number of nitrogens with two attached hydrogens (primary N) is 3. The molecule has 424 valence electrons. The number of aliphatic hydroxyl groups is 1. The number of primary amides is 2. The molecule has 0 saturated carbocycles. The molecule has 4 aromatic carbocycles. The Morgan fingerprint density at radius 3 is 1.49 bits per heavy atom.